The van der Waals surface area contributed by atoms with Gasteiger partial charge in [0, 0.05) is 11.3 Å². The molecular weight excluding hydrogens is 388 g/mol. The molecule has 0 bridgehead atoms. The second-order valence-corrected chi connectivity index (χ2v) is 7.31. The van der Waals surface area contributed by atoms with Gasteiger partial charge in [-0.05, 0) is 31.5 Å². The van der Waals surface area contributed by atoms with Crippen molar-refractivity contribution in [2.75, 3.05) is 10.6 Å². The maximum Gasteiger partial charge on any atom is 0.323 e. The number of nitriles is 1. The summed E-state index contributed by atoms with van der Waals surface area (Å²) in [6.45, 7) is 3.94. The fraction of sp³-hybridized carbons (Fsp3) is 0.158. The lowest BCUT2D eigenvalue weighted by Gasteiger charge is -2.12. The first-order chi connectivity index (χ1) is 14.1. The lowest BCUT2D eigenvalue weighted by Crippen LogP contribution is -2.20. The van der Waals surface area contributed by atoms with Crippen molar-refractivity contribution in [2.24, 2.45) is 0 Å². The number of aryl methyl sites for hydroxylation is 2. The molecule has 0 radical (unpaired) electrons. The van der Waals surface area contributed by atoms with Gasteiger partial charge in [0.1, 0.15) is 22.1 Å². The summed E-state index contributed by atoms with van der Waals surface area (Å²) in [6.07, 6.45) is 5.41. The molecule has 1 aromatic carbocycles. The van der Waals surface area contributed by atoms with Crippen molar-refractivity contribution >= 4 is 39.1 Å². The van der Waals surface area contributed by atoms with Crippen LogP contribution in [-0.4, -0.2) is 31.0 Å². The zero-order valence-electron chi connectivity index (χ0n) is 15.7. The van der Waals surface area contributed by atoms with Crippen LogP contribution in [0.4, 0.5) is 16.2 Å². The third-order valence-electron chi connectivity index (χ3n) is 4.25. The molecular formula is C19H16N8OS. The van der Waals surface area contributed by atoms with E-state index in [4.69, 9.17) is 0 Å². The highest BCUT2D eigenvalue weighted by Gasteiger charge is 2.14. The summed E-state index contributed by atoms with van der Waals surface area (Å²) >= 11 is 1.52. The number of rotatable bonds is 4. The zero-order valence-corrected chi connectivity index (χ0v) is 16.5. The SMILES string of the molecule is CCc1c(NC(=O)Nc2ccc(-n3nccn3)c(C#N)c2)cnc2sc(C)nc12. The molecule has 0 fully saturated rings. The molecule has 0 saturated carbocycles. The molecule has 0 unspecified atom stereocenters. The van der Waals surface area contributed by atoms with Crippen LogP contribution in [0.5, 0.6) is 0 Å². The summed E-state index contributed by atoms with van der Waals surface area (Å²) in [4.78, 5) is 23.6. The minimum atomic E-state index is -0.429. The summed E-state index contributed by atoms with van der Waals surface area (Å²) in [5, 5.41) is 24.0. The molecule has 0 aliphatic heterocycles. The van der Waals surface area contributed by atoms with Gasteiger partial charge in [-0.25, -0.2) is 14.8 Å². The first-order valence-corrected chi connectivity index (χ1v) is 9.64. The third-order valence-corrected chi connectivity index (χ3v) is 5.13. The van der Waals surface area contributed by atoms with Gasteiger partial charge in [-0.15, -0.1) is 0 Å². The number of pyridine rings is 1. The Bertz CT molecular complexity index is 1240. The third kappa shape index (κ3) is 3.63. The molecule has 2 amide bonds. The highest BCUT2D eigenvalue weighted by Crippen LogP contribution is 2.28. The smallest absolute Gasteiger partial charge is 0.308 e. The zero-order chi connectivity index (χ0) is 20.4. The molecule has 2 N–H and O–H groups in total. The lowest BCUT2D eigenvalue weighted by atomic mass is 10.1. The number of amides is 2. The lowest BCUT2D eigenvalue weighted by molar-refractivity contribution is 0.262. The number of carbonyl (C=O) groups is 1. The van der Waals surface area contributed by atoms with Crippen molar-refractivity contribution < 1.29 is 4.79 Å². The molecule has 0 aliphatic rings. The van der Waals surface area contributed by atoms with Gasteiger partial charge in [-0.3, -0.25) is 0 Å². The van der Waals surface area contributed by atoms with E-state index in [1.807, 2.05) is 13.8 Å². The number of thiazole rings is 1. The number of hydrogen-bond donors (Lipinski definition) is 2. The second-order valence-electron chi connectivity index (χ2n) is 6.13. The van der Waals surface area contributed by atoms with Crippen LogP contribution in [0.3, 0.4) is 0 Å². The van der Waals surface area contributed by atoms with Crippen molar-refractivity contribution in [1.82, 2.24) is 25.0 Å². The van der Waals surface area contributed by atoms with Crippen LogP contribution in [0, 0.1) is 18.3 Å². The average Bonchev–Trinajstić information content (AvgIpc) is 3.36. The van der Waals surface area contributed by atoms with Crippen LogP contribution >= 0.6 is 11.3 Å². The van der Waals surface area contributed by atoms with Gasteiger partial charge in [0.2, 0.25) is 0 Å². The van der Waals surface area contributed by atoms with E-state index in [9.17, 15) is 10.1 Å². The Morgan fingerprint density at radius 3 is 2.79 bits per heavy atom. The number of carbonyl (C=O) groups excluding carboxylic acids is 1. The molecule has 10 heteroatoms. The van der Waals surface area contributed by atoms with E-state index in [0.717, 1.165) is 20.9 Å². The number of urea groups is 1. The Morgan fingerprint density at radius 2 is 2.07 bits per heavy atom. The Kier molecular flexibility index (Phi) is 4.88. The first-order valence-electron chi connectivity index (χ1n) is 8.83. The molecule has 9 nitrogen and oxygen atoms in total. The number of anilines is 2. The number of fused-ring (bicyclic) bond motifs is 1. The van der Waals surface area contributed by atoms with Crippen molar-refractivity contribution in [2.45, 2.75) is 20.3 Å². The fourth-order valence-electron chi connectivity index (χ4n) is 3.00. The predicted octanol–water partition coefficient (Wildman–Crippen LogP) is 3.66. The van der Waals surface area contributed by atoms with Crippen LogP contribution in [0.1, 0.15) is 23.1 Å². The number of nitrogens with one attached hydrogen (secondary N) is 2. The van der Waals surface area contributed by atoms with Crippen molar-refractivity contribution in [3.8, 4) is 11.8 Å². The predicted molar refractivity (Wildman–Crippen MR) is 110 cm³/mol. The standard InChI is InChI=1S/C19H16N8OS/c1-3-14-15(10-21-18-17(14)24-11(2)29-18)26-19(28)25-13-4-5-16(12(8-13)9-20)27-22-6-7-23-27/h4-8,10H,3H2,1-2H3,(H2,25,26,28). The summed E-state index contributed by atoms with van der Waals surface area (Å²) in [7, 11) is 0. The van der Waals surface area contributed by atoms with Gasteiger partial charge >= 0.3 is 6.03 Å². The number of aromatic nitrogens is 5. The highest BCUT2D eigenvalue weighted by atomic mass is 32.1. The van der Waals surface area contributed by atoms with E-state index in [-0.39, 0.29) is 0 Å². The Hall–Kier alpha value is -3.84. The second kappa shape index (κ2) is 7.65. The maximum absolute atomic E-state index is 12.5. The quantitative estimate of drug-likeness (QED) is 0.535. The number of benzene rings is 1. The van der Waals surface area contributed by atoms with Crippen LogP contribution in [-0.2, 0) is 6.42 Å². The fourth-order valence-corrected chi connectivity index (χ4v) is 3.78. The molecule has 0 spiro atoms. The van der Waals surface area contributed by atoms with E-state index >= 15 is 0 Å². The molecule has 29 heavy (non-hydrogen) atoms. The van der Waals surface area contributed by atoms with Crippen LogP contribution in [0.2, 0.25) is 0 Å². The van der Waals surface area contributed by atoms with Crippen LogP contribution in [0.25, 0.3) is 16.0 Å². The van der Waals surface area contributed by atoms with Gasteiger partial charge in [0.05, 0.1) is 34.8 Å². The highest BCUT2D eigenvalue weighted by molar-refractivity contribution is 7.18. The normalized spacial score (nSPS) is 10.7. The van der Waals surface area contributed by atoms with Crippen LogP contribution in [0.15, 0.2) is 36.8 Å². The summed E-state index contributed by atoms with van der Waals surface area (Å²) in [6, 6.07) is 6.61. The van der Waals surface area contributed by atoms with E-state index in [1.165, 1.54) is 28.5 Å². The monoisotopic (exact) mass is 404 g/mol. The molecule has 4 rings (SSSR count). The number of hydrogen-bond acceptors (Lipinski definition) is 7. The van der Waals surface area contributed by atoms with E-state index in [2.05, 4.69) is 36.9 Å². The molecule has 144 valence electrons. The first kappa shape index (κ1) is 18.5. The summed E-state index contributed by atoms with van der Waals surface area (Å²) < 4.78 is 0. The summed E-state index contributed by atoms with van der Waals surface area (Å²) in [5.41, 5.74) is 3.72. The van der Waals surface area contributed by atoms with Crippen molar-refractivity contribution in [3.63, 3.8) is 0 Å². The topological polar surface area (TPSA) is 121 Å². The minimum Gasteiger partial charge on any atom is -0.308 e. The summed E-state index contributed by atoms with van der Waals surface area (Å²) in [5.74, 6) is 0. The molecule has 3 aromatic heterocycles. The minimum absolute atomic E-state index is 0.342. The molecule has 0 atom stereocenters. The largest absolute Gasteiger partial charge is 0.323 e. The van der Waals surface area contributed by atoms with E-state index in [1.54, 1.807) is 24.4 Å². The Balaban J connectivity index is 1.56. The molecule has 3 heterocycles. The molecule has 4 aromatic rings. The van der Waals surface area contributed by atoms with Gasteiger partial charge < -0.3 is 10.6 Å². The van der Waals surface area contributed by atoms with Crippen molar-refractivity contribution in [3.05, 3.63) is 52.9 Å². The van der Waals surface area contributed by atoms with E-state index < -0.39 is 6.03 Å². The molecule has 0 aliphatic carbocycles. The average molecular weight is 404 g/mol. The van der Waals surface area contributed by atoms with Gasteiger partial charge in [-0.2, -0.15) is 20.3 Å². The van der Waals surface area contributed by atoms with Crippen molar-refractivity contribution in [1.29, 1.82) is 5.26 Å². The van der Waals surface area contributed by atoms with Gasteiger partial charge in [-0.1, -0.05) is 18.3 Å². The Morgan fingerprint density at radius 1 is 1.28 bits per heavy atom. The Labute approximate surface area is 170 Å². The maximum atomic E-state index is 12.5. The number of nitrogens with zero attached hydrogens (tertiary/aromatic N) is 6. The molecule has 0 saturated heterocycles. The van der Waals surface area contributed by atoms with E-state index in [0.29, 0.717) is 29.0 Å². The van der Waals surface area contributed by atoms with Gasteiger partial charge in [0.15, 0.2) is 0 Å². The van der Waals surface area contributed by atoms with Gasteiger partial charge in [0.25, 0.3) is 0 Å². The van der Waals surface area contributed by atoms with Crippen LogP contribution < -0.4 is 10.6 Å².